The minimum Gasteiger partial charge on any atom is -0.301 e. The molecular formula is C15H25NS. The van der Waals surface area contributed by atoms with Crippen molar-refractivity contribution in [3.63, 3.8) is 0 Å². The molecule has 1 atom stereocenters. The maximum Gasteiger partial charge on any atom is 0.0147 e. The normalized spacial score (nSPS) is 14.0. The third-order valence-corrected chi connectivity index (χ3v) is 4.32. The van der Waals surface area contributed by atoms with E-state index in [0.29, 0.717) is 5.92 Å². The lowest BCUT2D eigenvalue weighted by Crippen LogP contribution is -2.42. The van der Waals surface area contributed by atoms with Crippen LogP contribution < -0.4 is 0 Å². The molecule has 1 unspecified atom stereocenters. The van der Waals surface area contributed by atoms with E-state index in [9.17, 15) is 0 Å². The minimum absolute atomic E-state index is 0.260. The zero-order valence-corrected chi connectivity index (χ0v) is 12.4. The fourth-order valence-electron chi connectivity index (χ4n) is 1.84. The first kappa shape index (κ1) is 14.6. The van der Waals surface area contributed by atoms with Gasteiger partial charge in [0.1, 0.15) is 0 Å². The first-order valence-electron chi connectivity index (χ1n) is 6.38. The summed E-state index contributed by atoms with van der Waals surface area (Å²) < 4.78 is 0. The molecule has 0 N–H and O–H groups in total. The van der Waals surface area contributed by atoms with E-state index in [2.05, 4.69) is 75.7 Å². The summed E-state index contributed by atoms with van der Waals surface area (Å²) in [4.78, 5) is 2.45. The summed E-state index contributed by atoms with van der Waals surface area (Å²) in [5, 5.41) is 0. The molecule has 2 heteroatoms. The van der Waals surface area contributed by atoms with Crippen molar-refractivity contribution in [3.05, 3.63) is 35.9 Å². The molecule has 0 aliphatic carbocycles. The number of hydrogen-bond donors (Lipinski definition) is 1. The van der Waals surface area contributed by atoms with Crippen molar-refractivity contribution in [2.24, 2.45) is 0 Å². The van der Waals surface area contributed by atoms with Crippen LogP contribution in [0.4, 0.5) is 0 Å². The molecule has 0 fully saturated rings. The highest BCUT2D eigenvalue weighted by molar-refractivity contribution is 7.80. The van der Waals surface area contributed by atoms with Crippen LogP contribution in [0.25, 0.3) is 0 Å². The van der Waals surface area contributed by atoms with Crippen LogP contribution in [-0.4, -0.2) is 29.8 Å². The van der Waals surface area contributed by atoms with Crippen molar-refractivity contribution in [3.8, 4) is 0 Å². The summed E-state index contributed by atoms with van der Waals surface area (Å²) in [7, 11) is 2.21. The predicted octanol–water partition coefficient (Wildman–Crippen LogP) is 3.82. The molecule has 0 saturated heterocycles. The molecule has 0 aliphatic rings. The van der Waals surface area contributed by atoms with Crippen molar-refractivity contribution >= 4 is 12.6 Å². The van der Waals surface area contributed by atoms with Crippen LogP contribution in [0, 0.1) is 0 Å². The van der Waals surface area contributed by atoms with Crippen LogP contribution in [0.15, 0.2) is 30.3 Å². The Balaban J connectivity index is 2.71. The molecule has 1 nitrogen and oxygen atoms in total. The summed E-state index contributed by atoms with van der Waals surface area (Å²) in [5.74, 6) is 1.41. The summed E-state index contributed by atoms with van der Waals surface area (Å²) in [6.45, 7) is 7.91. The van der Waals surface area contributed by atoms with Crippen LogP contribution >= 0.6 is 12.6 Å². The highest BCUT2D eigenvalue weighted by Gasteiger charge is 2.23. The number of benzene rings is 1. The van der Waals surface area contributed by atoms with Crippen molar-refractivity contribution in [1.82, 2.24) is 4.90 Å². The topological polar surface area (TPSA) is 3.24 Å². The molecule has 96 valence electrons. The Morgan fingerprint density at radius 3 is 2.29 bits per heavy atom. The molecule has 0 saturated carbocycles. The van der Waals surface area contributed by atoms with E-state index in [4.69, 9.17) is 0 Å². The molecule has 0 aromatic heterocycles. The van der Waals surface area contributed by atoms with E-state index in [1.165, 1.54) is 5.56 Å². The summed E-state index contributed by atoms with van der Waals surface area (Å²) in [6.07, 6.45) is 1.16. The molecule has 1 rings (SSSR count). The van der Waals surface area contributed by atoms with Crippen LogP contribution in [0.5, 0.6) is 0 Å². The van der Waals surface area contributed by atoms with Crippen LogP contribution in [-0.2, 0) is 0 Å². The second kappa shape index (κ2) is 6.46. The minimum atomic E-state index is 0.260. The molecular weight excluding hydrogens is 226 g/mol. The van der Waals surface area contributed by atoms with E-state index < -0.39 is 0 Å². The predicted molar refractivity (Wildman–Crippen MR) is 80.0 cm³/mol. The maximum atomic E-state index is 4.50. The first-order chi connectivity index (χ1) is 8.01. The summed E-state index contributed by atoms with van der Waals surface area (Å²) >= 11 is 4.50. The van der Waals surface area contributed by atoms with E-state index in [1.54, 1.807) is 0 Å². The molecule has 0 heterocycles. The zero-order chi connectivity index (χ0) is 12.9. The monoisotopic (exact) mass is 251 g/mol. The van der Waals surface area contributed by atoms with E-state index in [1.807, 2.05) is 0 Å². The van der Waals surface area contributed by atoms with E-state index in [0.717, 1.165) is 18.7 Å². The van der Waals surface area contributed by atoms with Crippen molar-refractivity contribution in [1.29, 1.82) is 0 Å². The third kappa shape index (κ3) is 4.04. The van der Waals surface area contributed by atoms with Gasteiger partial charge in [0.2, 0.25) is 0 Å². The van der Waals surface area contributed by atoms with Crippen molar-refractivity contribution in [2.45, 2.75) is 38.6 Å². The van der Waals surface area contributed by atoms with E-state index >= 15 is 0 Å². The summed E-state index contributed by atoms with van der Waals surface area (Å²) in [5.41, 5.74) is 1.65. The third-order valence-electron chi connectivity index (χ3n) is 3.88. The smallest absolute Gasteiger partial charge is 0.0147 e. The SMILES string of the molecule is CCC(C)(C)N(C)CC(CS)c1ccccc1. The lowest BCUT2D eigenvalue weighted by Gasteiger charge is -2.37. The molecule has 0 aliphatic heterocycles. The van der Waals surface area contributed by atoms with Gasteiger partial charge < -0.3 is 4.90 Å². The van der Waals surface area contributed by atoms with Crippen LogP contribution in [0.3, 0.4) is 0 Å². The molecule has 0 radical (unpaired) electrons. The molecule has 0 spiro atoms. The Morgan fingerprint density at radius 1 is 1.24 bits per heavy atom. The van der Waals surface area contributed by atoms with Gasteiger partial charge in [0.15, 0.2) is 0 Å². The Bertz CT molecular complexity index is 321. The average Bonchev–Trinajstić information content (AvgIpc) is 2.36. The lowest BCUT2D eigenvalue weighted by atomic mass is 9.95. The molecule has 1 aromatic rings. The molecule has 1 aromatic carbocycles. The number of nitrogens with zero attached hydrogens (tertiary/aromatic N) is 1. The Morgan fingerprint density at radius 2 is 1.82 bits per heavy atom. The van der Waals surface area contributed by atoms with Gasteiger partial charge in [-0.1, -0.05) is 37.3 Å². The van der Waals surface area contributed by atoms with Crippen molar-refractivity contribution < 1.29 is 0 Å². The lowest BCUT2D eigenvalue weighted by molar-refractivity contribution is 0.145. The Kier molecular flexibility index (Phi) is 5.54. The number of thiol groups is 1. The van der Waals surface area contributed by atoms with Gasteiger partial charge in [0.05, 0.1) is 0 Å². The quantitative estimate of drug-likeness (QED) is 0.752. The van der Waals surface area contributed by atoms with Gasteiger partial charge in [-0.3, -0.25) is 0 Å². The average molecular weight is 251 g/mol. The number of likely N-dealkylation sites (N-methyl/N-ethyl adjacent to an activating group) is 1. The van der Waals surface area contributed by atoms with Gasteiger partial charge in [-0.2, -0.15) is 12.6 Å². The Hall–Kier alpha value is -0.470. The van der Waals surface area contributed by atoms with E-state index in [-0.39, 0.29) is 5.54 Å². The second-order valence-electron chi connectivity index (χ2n) is 5.34. The van der Waals surface area contributed by atoms with Crippen LogP contribution in [0.2, 0.25) is 0 Å². The standard InChI is InChI=1S/C15H25NS/c1-5-15(2,3)16(4)11-14(12-17)13-9-7-6-8-10-13/h6-10,14,17H,5,11-12H2,1-4H3. The molecule has 17 heavy (non-hydrogen) atoms. The van der Waals surface area contributed by atoms with Crippen molar-refractivity contribution in [2.75, 3.05) is 19.3 Å². The van der Waals surface area contributed by atoms with Gasteiger partial charge in [0.25, 0.3) is 0 Å². The molecule has 0 bridgehead atoms. The number of rotatable bonds is 6. The van der Waals surface area contributed by atoms with Gasteiger partial charge in [-0.05, 0) is 38.6 Å². The fraction of sp³-hybridized carbons (Fsp3) is 0.600. The van der Waals surface area contributed by atoms with Gasteiger partial charge in [-0.15, -0.1) is 0 Å². The second-order valence-corrected chi connectivity index (χ2v) is 5.70. The van der Waals surface area contributed by atoms with Crippen LogP contribution in [0.1, 0.15) is 38.7 Å². The highest BCUT2D eigenvalue weighted by Crippen LogP contribution is 2.23. The fourth-order valence-corrected chi connectivity index (χ4v) is 2.17. The summed E-state index contributed by atoms with van der Waals surface area (Å²) in [6, 6.07) is 10.7. The maximum absolute atomic E-state index is 4.50. The zero-order valence-electron chi connectivity index (χ0n) is 11.5. The van der Waals surface area contributed by atoms with Gasteiger partial charge in [-0.25, -0.2) is 0 Å². The Labute approximate surface area is 112 Å². The van der Waals surface area contributed by atoms with Gasteiger partial charge >= 0.3 is 0 Å². The molecule has 0 amide bonds. The largest absolute Gasteiger partial charge is 0.301 e. The highest BCUT2D eigenvalue weighted by atomic mass is 32.1. The first-order valence-corrected chi connectivity index (χ1v) is 7.01. The number of hydrogen-bond acceptors (Lipinski definition) is 2. The van der Waals surface area contributed by atoms with Gasteiger partial charge in [0, 0.05) is 18.0 Å².